The van der Waals surface area contributed by atoms with Crippen molar-refractivity contribution >= 4 is 5.97 Å². The zero-order chi connectivity index (χ0) is 19.8. The van der Waals surface area contributed by atoms with Gasteiger partial charge in [-0.3, -0.25) is 4.79 Å². The van der Waals surface area contributed by atoms with Gasteiger partial charge in [0, 0.05) is 0 Å². The summed E-state index contributed by atoms with van der Waals surface area (Å²) < 4.78 is 38.8. The summed E-state index contributed by atoms with van der Waals surface area (Å²) in [6, 6.07) is 10.0. The molecular formula is C22H23F3O2. The maximum Gasteiger partial charge on any atom is 0.416 e. The van der Waals surface area contributed by atoms with Gasteiger partial charge in [0.1, 0.15) is 0 Å². The molecule has 0 unspecified atom stereocenters. The number of hydrogen-bond donors (Lipinski definition) is 1. The van der Waals surface area contributed by atoms with Crippen LogP contribution in [0.5, 0.6) is 0 Å². The quantitative estimate of drug-likeness (QED) is 0.678. The van der Waals surface area contributed by atoms with E-state index in [2.05, 4.69) is 12.1 Å². The number of aliphatic carboxylic acids is 1. The highest BCUT2D eigenvalue weighted by molar-refractivity contribution is 5.72. The Morgan fingerprint density at radius 1 is 0.926 bits per heavy atom. The van der Waals surface area contributed by atoms with Gasteiger partial charge < -0.3 is 5.11 Å². The van der Waals surface area contributed by atoms with Gasteiger partial charge in [0.2, 0.25) is 0 Å². The molecule has 0 aliphatic heterocycles. The van der Waals surface area contributed by atoms with Gasteiger partial charge in [0.25, 0.3) is 0 Å². The highest BCUT2D eigenvalue weighted by Crippen LogP contribution is 2.39. The number of hydrogen-bond acceptors (Lipinski definition) is 1. The van der Waals surface area contributed by atoms with Gasteiger partial charge in [-0.25, -0.2) is 0 Å². The lowest BCUT2D eigenvalue weighted by molar-refractivity contribution is -0.143. The van der Waals surface area contributed by atoms with Gasteiger partial charge in [0.15, 0.2) is 0 Å². The van der Waals surface area contributed by atoms with E-state index in [0.717, 1.165) is 41.2 Å². The van der Waals surface area contributed by atoms with Crippen LogP contribution >= 0.6 is 0 Å². The van der Waals surface area contributed by atoms with Crippen LogP contribution in [0, 0.1) is 19.8 Å². The van der Waals surface area contributed by atoms with Crippen LogP contribution in [-0.2, 0) is 11.0 Å². The average molecular weight is 376 g/mol. The zero-order valence-electron chi connectivity index (χ0n) is 15.4. The SMILES string of the molecule is Cc1cc(C(F)(F)F)ccc1-c1cc(C2CCC(C(=O)O)CC2)ccc1C. The molecule has 1 saturated carbocycles. The van der Waals surface area contributed by atoms with Crippen LogP contribution in [0.4, 0.5) is 13.2 Å². The van der Waals surface area contributed by atoms with Crippen molar-refractivity contribution in [3.63, 3.8) is 0 Å². The van der Waals surface area contributed by atoms with Crippen LogP contribution in [-0.4, -0.2) is 11.1 Å². The van der Waals surface area contributed by atoms with Crippen molar-refractivity contribution in [3.05, 3.63) is 58.7 Å². The molecule has 0 aromatic heterocycles. The van der Waals surface area contributed by atoms with Crippen LogP contribution in [0.2, 0.25) is 0 Å². The number of carboxylic acids is 1. The minimum Gasteiger partial charge on any atom is -0.481 e. The summed E-state index contributed by atoms with van der Waals surface area (Å²) in [6.07, 6.45) is -1.36. The Morgan fingerprint density at radius 3 is 2.15 bits per heavy atom. The molecule has 1 fully saturated rings. The molecule has 1 aliphatic carbocycles. The van der Waals surface area contributed by atoms with Crippen molar-refractivity contribution in [2.45, 2.75) is 51.6 Å². The molecule has 5 heteroatoms. The van der Waals surface area contributed by atoms with E-state index in [1.807, 2.05) is 13.0 Å². The average Bonchev–Trinajstić information content (AvgIpc) is 2.62. The molecule has 2 aromatic rings. The summed E-state index contributed by atoms with van der Waals surface area (Å²) in [4.78, 5) is 11.1. The normalized spacial score (nSPS) is 20.5. The second-order valence-electron chi connectivity index (χ2n) is 7.49. The number of benzene rings is 2. The number of carboxylic acid groups (broad SMARTS) is 1. The lowest BCUT2D eigenvalue weighted by Crippen LogP contribution is -2.20. The summed E-state index contributed by atoms with van der Waals surface area (Å²) in [5.41, 5.74) is 3.87. The van der Waals surface area contributed by atoms with E-state index < -0.39 is 17.7 Å². The first-order chi connectivity index (χ1) is 12.7. The molecule has 2 nitrogen and oxygen atoms in total. The Hall–Kier alpha value is -2.30. The summed E-state index contributed by atoms with van der Waals surface area (Å²) in [5.74, 6) is -0.684. The molecule has 0 heterocycles. The predicted octanol–water partition coefficient (Wildman–Crippen LogP) is 6.35. The van der Waals surface area contributed by atoms with Crippen LogP contribution in [0.15, 0.2) is 36.4 Å². The largest absolute Gasteiger partial charge is 0.481 e. The third-order valence-corrected chi connectivity index (χ3v) is 5.65. The van der Waals surface area contributed by atoms with Crippen molar-refractivity contribution in [1.82, 2.24) is 0 Å². The van der Waals surface area contributed by atoms with Crippen molar-refractivity contribution < 1.29 is 23.1 Å². The van der Waals surface area contributed by atoms with E-state index in [1.54, 1.807) is 13.0 Å². The van der Waals surface area contributed by atoms with Gasteiger partial charge in [0.05, 0.1) is 11.5 Å². The predicted molar refractivity (Wildman–Crippen MR) is 98.7 cm³/mol. The van der Waals surface area contributed by atoms with E-state index in [0.29, 0.717) is 24.3 Å². The van der Waals surface area contributed by atoms with Crippen molar-refractivity contribution in [3.8, 4) is 11.1 Å². The fourth-order valence-electron chi connectivity index (χ4n) is 4.00. The second-order valence-corrected chi connectivity index (χ2v) is 7.49. The Bertz CT molecular complexity index is 847. The fourth-order valence-corrected chi connectivity index (χ4v) is 4.00. The Kier molecular flexibility index (Phi) is 5.31. The number of alkyl halides is 3. The minimum absolute atomic E-state index is 0.261. The van der Waals surface area contributed by atoms with E-state index in [9.17, 15) is 18.0 Å². The Morgan fingerprint density at radius 2 is 1.59 bits per heavy atom. The zero-order valence-corrected chi connectivity index (χ0v) is 15.4. The topological polar surface area (TPSA) is 37.3 Å². The van der Waals surface area contributed by atoms with Gasteiger partial charge in [-0.15, -0.1) is 0 Å². The maximum absolute atomic E-state index is 12.9. The lowest BCUT2D eigenvalue weighted by Gasteiger charge is -2.27. The van der Waals surface area contributed by atoms with Crippen LogP contribution in [0.25, 0.3) is 11.1 Å². The standard InChI is InChI=1S/C22H23F3O2/c1-13-3-4-17(15-5-7-16(8-6-15)21(26)27)12-20(13)19-10-9-18(11-14(19)2)22(23,24)25/h3-4,9-12,15-16H,5-8H2,1-2H3,(H,26,27). The monoisotopic (exact) mass is 376 g/mol. The highest BCUT2D eigenvalue weighted by Gasteiger charge is 2.31. The fraction of sp³-hybridized carbons (Fsp3) is 0.409. The van der Waals surface area contributed by atoms with E-state index in [-0.39, 0.29) is 5.92 Å². The van der Waals surface area contributed by atoms with Crippen LogP contribution in [0.3, 0.4) is 0 Å². The molecule has 0 saturated heterocycles. The van der Waals surface area contributed by atoms with E-state index >= 15 is 0 Å². The van der Waals surface area contributed by atoms with Crippen LogP contribution < -0.4 is 0 Å². The smallest absolute Gasteiger partial charge is 0.416 e. The summed E-state index contributed by atoms with van der Waals surface area (Å²) in [7, 11) is 0. The molecule has 144 valence electrons. The van der Waals surface area contributed by atoms with E-state index in [1.165, 1.54) is 6.07 Å². The number of carbonyl (C=O) groups is 1. The van der Waals surface area contributed by atoms with Gasteiger partial charge in [-0.1, -0.05) is 24.3 Å². The molecule has 0 amide bonds. The maximum atomic E-state index is 12.9. The Labute approximate surface area is 157 Å². The van der Waals surface area contributed by atoms with Crippen LogP contribution in [0.1, 0.15) is 53.9 Å². The van der Waals surface area contributed by atoms with E-state index in [4.69, 9.17) is 5.11 Å². The first-order valence-corrected chi connectivity index (χ1v) is 9.18. The third-order valence-electron chi connectivity index (χ3n) is 5.65. The first kappa shape index (κ1) is 19.5. The molecule has 0 atom stereocenters. The molecule has 0 radical (unpaired) electrons. The first-order valence-electron chi connectivity index (χ1n) is 9.18. The molecule has 27 heavy (non-hydrogen) atoms. The molecule has 2 aromatic carbocycles. The Balaban J connectivity index is 1.90. The third kappa shape index (κ3) is 4.18. The molecule has 3 rings (SSSR count). The highest BCUT2D eigenvalue weighted by atomic mass is 19.4. The van der Waals surface area contributed by atoms with Crippen molar-refractivity contribution in [2.24, 2.45) is 5.92 Å². The molecule has 0 bridgehead atoms. The van der Waals surface area contributed by atoms with Gasteiger partial charge >= 0.3 is 12.1 Å². The molecule has 1 N–H and O–H groups in total. The minimum atomic E-state index is -4.34. The van der Waals surface area contributed by atoms with Gasteiger partial charge in [-0.05, 0) is 85.4 Å². The molecule has 1 aliphatic rings. The van der Waals surface area contributed by atoms with Crippen molar-refractivity contribution in [2.75, 3.05) is 0 Å². The molecular weight excluding hydrogens is 353 g/mol. The van der Waals surface area contributed by atoms with Gasteiger partial charge in [-0.2, -0.15) is 13.2 Å². The summed E-state index contributed by atoms with van der Waals surface area (Å²) in [5, 5.41) is 9.15. The second kappa shape index (κ2) is 7.37. The summed E-state index contributed by atoms with van der Waals surface area (Å²) in [6.45, 7) is 3.66. The number of halogens is 3. The number of aryl methyl sites for hydroxylation is 2. The summed E-state index contributed by atoms with van der Waals surface area (Å²) >= 11 is 0. The number of rotatable bonds is 3. The van der Waals surface area contributed by atoms with Crippen molar-refractivity contribution in [1.29, 1.82) is 0 Å². The lowest BCUT2D eigenvalue weighted by atomic mass is 9.78. The molecule has 0 spiro atoms.